The van der Waals surface area contributed by atoms with Crippen molar-refractivity contribution in [3.63, 3.8) is 0 Å². The van der Waals surface area contributed by atoms with Crippen molar-refractivity contribution in [2.45, 2.75) is 39.5 Å². The summed E-state index contributed by atoms with van der Waals surface area (Å²) in [5.41, 5.74) is 8.31. The molecule has 0 aliphatic rings. The number of hydrogen-bond acceptors (Lipinski definition) is 2. The summed E-state index contributed by atoms with van der Waals surface area (Å²) < 4.78 is 1.76. The van der Waals surface area contributed by atoms with Crippen LogP contribution in [0.25, 0.3) is 0 Å². The van der Waals surface area contributed by atoms with E-state index in [1.54, 1.807) is 4.68 Å². The molecule has 3 heteroatoms. The molecule has 0 aromatic carbocycles. The number of rotatable bonds is 1. The van der Waals surface area contributed by atoms with Crippen molar-refractivity contribution in [2.75, 3.05) is 5.73 Å². The third-order valence-corrected chi connectivity index (χ3v) is 2.26. The highest BCUT2D eigenvalue weighted by molar-refractivity contribution is 5.45. The normalized spacial score (nSPS) is 12.1. The second kappa shape index (κ2) is 3.05. The lowest BCUT2D eigenvalue weighted by molar-refractivity contribution is 0.549. The summed E-state index contributed by atoms with van der Waals surface area (Å²) in [6.07, 6.45) is 0.951. The maximum absolute atomic E-state index is 5.91. The monoisotopic (exact) mass is 181 g/mol. The number of aromatic nitrogens is 2. The van der Waals surface area contributed by atoms with E-state index in [1.807, 2.05) is 7.05 Å². The van der Waals surface area contributed by atoms with Gasteiger partial charge in [-0.3, -0.25) is 4.68 Å². The van der Waals surface area contributed by atoms with Gasteiger partial charge in [-0.05, 0) is 6.42 Å². The van der Waals surface area contributed by atoms with Crippen LogP contribution >= 0.6 is 0 Å². The average Bonchev–Trinajstić information content (AvgIpc) is 2.28. The zero-order chi connectivity index (χ0) is 10.2. The standard InChI is InChI=1S/C10H19N3/c1-6-7-8(10(2,3)4)12-13(5)9(7)11/h6,11H2,1-5H3. The topological polar surface area (TPSA) is 43.8 Å². The van der Waals surface area contributed by atoms with E-state index in [-0.39, 0.29) is 5.41 Å². The van der Waals surface area contributed by atoms with Gasteiger partial charge >= 0.3 is 0 Å². The van der Waals surface area contributed by atoms with Crippen LogP contribution in [0.5, 0.6) is 0 Å². The molecule has 0 unspecified atom stereocenters. The van der Waals surface area contributed by atoms with Crippen molar-refractivity contribution in [1.29, 1.82) is 0 Å². The van der Waals surface area contributed by atoms with Crippen LogP contribution in [0.4, 0.5) is 5.82 Å². The zero-order valence-corrected chi connectivity index (χ0v) is 9.18. The van der Waals surface area contributed by atoms with Gasteiger partial charge in [0.25, 0.3) is 0 Å². The van der Waals surface area contributed by atoms with Crippen molar-refractivity contribution >= 4 is 5.82 Å². The van der Waals surface area contributed by atoms with E-state index in [4.69, 9.17) is 5.73 Å². The molecule has 0 amide bonds. The first-order chi connectivity index (χ1) is 5.88. The smallest absolute Gasteiger partial charge is 0.124 e. The molecule has 1 heterocycles. The number of aryl methyl sites for hydroxylation is 1. The quantitative estimate of drug-likeness (QED) is 0.718. The first-order valence-corrected chi connectivity index (χ1v) is 4.69. The summed E-state index contributed by atoms with van der Waals surface area (Å²) >= 11 is 0. The van der Waals surface area contributed by atoms with Gasteiger partial charge in [-0.2, -0.15) is 5.10 Å². The SMILES string of the molecule is CCc1c(C(C)(C)C)nn(C)c1N. The second-order valence-corrected chi connectivity index (χ2v) is 4.44. The van der Waals surface area contributed by atoms with Gasteiger partial charge in [-0.15, -0.1) is 0 Å². The Morgan fingerprint density at radius 3 is 2.23 bits per heavy atom. The summed E-state index contributed by atoms with van der Waals surface area (Å²) in [6.45, 7) is 8.60. The minimum atomic E-state index is 0.0841. The van der Waals surface area contributed by atoms with Crippen LogP contribution in [0.3, 0.4) is 0 Å². The fraction of sp³-hybridized carbons (Fsp3) is 0.700. The highest BCUT2D eigenvalue weighted by Gasteiger charge is 2.23. The van der Waals surface area contributed by atoms with E-state index < -0.39 is 0 Å². The molecule has 1 aromatic heterocycles. The molecule has 0 fully saturated rings. The molecular weight excluding hydrogens is 162 g/mol. The Labute approximate surface area is 79.9 Å². The third-order valence-electron chi connectivity index (χ3n) is 2.26. The van der Waals surface area contributed by atoms with Crippen molar-refractivity contribution in [3.8, 4) is 0 Å². The molecule has 3 nitrogen and oxygen atoms in total. The molecule has 0 aliphatic heterocycles. The maximum Gasteiger partial charge on any atom is 0.124 e. The number of anilines is 1. The van der Waals surface area contributed by atoms with E-state index >= 15 is 0 Å². The van der Waals surface area contributed by atoms with Crippen molar-refractivity contribution in [3.05, 3.63) is 11.3 Å². The molecule has 74 valence electrons. The van der Waals surface area contributed by atoms with Crippen LogP contribution in [-0.4, -0.2) is 9.78 Å². The molecule has 0 spiro atoms. The average molecular weight is 181 g/mol. The Hall–Kier alpha value is -0.990. The first-order valence-electron chi connectivity index (χ1n) is 4.69. The molecule has 0 saturated carbocycles. The van der Waals surface area contributed by atoms with E-state index in [0.717, 1.165) is 17.9 Å². The molecule has 0 atom stereocenters. The molecule has 2 N–H and O–H groups in total. The molecule has 1 rings (SSSR count). The van der Waals surface area contributed by atoms with Crippen LogP contribution in [0.1, 0.15) is 39.0 Å². The van der Waals surface area contributed by atoms with Gasteiger partial charge in [0.15, 0.2) is 0 Å². The second-order valence-electron chi connectivity index (χ2n) is 4.44. The lowest BCUT2D eigenvalue weighted by Gasteiger charge is -2.16. The van der Waals surface area contributed by atoms with E-state index in [1.165, 1.54) is 5.56 Å². The van der Waals surface area contributed by atoms with Crippen molar-refractivity contribution in [2.24, 2.45) is 7.05 Å². The molecule has 0 bridgehead atoms. The van der Waals surface area contributed by atoms with Gasteiger partial charge in [0.1, 0.15) is 5.82 Å². The van der Waals surface area contributed by atoms with E-state index in [9.17, 15) is 0 Å². The van der Waals surface area contributed by atoms with Crippen molar-refractivity contribution < 1.29 is 0 Å². The highest BCUT2D eigenvalue weighted by atomic mass is 15.3. The number of hydrogen-bond donors (Lipinski definition) is 1. The van der Waals surface area contributed by atoms with Crippen LogP contribution in [0, 0.1) is 0 Å². The van der Waals surface area contributed by atoms with Gasteiger partial charge in [0.2, 0.25) is 0 Å². The molecule has 0 radical (unpaired) electrons. The first kappa shape index (κ1) is 10.1. The van der Waals surface area contributed by atoms with Gasteiger partial charge < -0.3 is 5.73 Å². The predicted molar refractivity (Wildman–Crippen MR) is 55.7 cm³/mol. The minimum absolute atomic E-state index is 0.0841. The number of nitrogens with zero attached hydrogens (tertiary/aromatic N) is 2. The van der Waals surface area contributed by atoms with Crippen LogP contribution in [0.15, 0.2) is 0 Å². The Morgan fingerprint density at radius 2 is 1.92 bits per heavy atom. The van der Waals surface area contributed by atoms with E-state index in [0.29, 0.717) is 0 Å². The number of nitrogen functional groups attached to an aromatic ring is 1. The lowest BCUT2D eigenvalue weighted by Crippen LogP contribution is -2.14. The summed E-state index contributed by atoms with van der Waals surface area (Å²) in [7, 11) is 1.89. The van der Waals surface area contributed by atoms with Gasteiger partial charge in [0.05, 0.1) is 5.69 Å². The Balaban J connectivity index is 3.30. The van der Waals surface area contributed by atoms with Crippen LogP contribution in [0.2, 0.25) is 0 Å². The molecule has 1 aromatic rings. The predicted octanol–water partition coefficient (Wildman–Crippen LogP) is 1.86. The fourth-order valence-corrected chi connectivity index (χ4v) is 1.53. The summed E-state index contributed by atoms with van der Waals surface area (Å²) in [5.74, 6) is 0.799. The zero-order valence-electron chi connectivity index (χ0n) is 9.18. The van der Waals surface area contributed by atoms with Crippen LogP contribution in [-0.2, 0) is 18.9 Å². The van der Waals surface area contributed by atoms with Gasteiger partial charge in [-0.1, -0.05) is 27.7 Å². The fourth-order valence-electron chi connectivity index (χ4n) is 1.53. The molecular formula is C10H19N3. The van der Waals surface area contributed by atoms with Gasteiger partial charge in [-0.25, -0.2) is 0 Å². The molecule has 0 saturated heterocycles. The Bertz CT molecular complexity index is 305. The molecule has 0 aliphatic carbocycles. The largest absolute Gasteiger partial charge is 0.384 e. The van der Waals surface area contributed by atoms with Crippen molar-refractivity contribution in [1.82, 2.24) is 9.78 Å². The van der Waals surface area contributed by atoms with E-state index in [2.05, 4.69) is 32.8 Å². The minimum Gasteiger partial charge on any atom is -0.384 e. The summed E-state index contributed by atoms with van der Waals surface area (Å²) in [5, 5.41) is 4.44. The maximum atomic E-state index is 5.91. The lowest BCUT2D eigenvalue weighted by atomic mass is 9.88. The number of nitrogens with two attached hydrogens (primary N) is 1. The van der Waals surface area contributed by atoms with Gasteiger partial charge in [0, 0.05) is 18.0 Å². The van der Waals surface area contributed by atoms with Crippen LogP contribution < -0.4 is 5.73 Å². The third kappa shape index (κ3) is 1.69. The Morgan fingerprint density at radius 1 is 1.38 bits per heavy atom. The summed E-state index contributed by atoms with van der Waals surface area (Å²) in [6, 6.07) is 0. The highest BCUT2D eigenvalue weighted by Crippen LogP contribution is 2.28. The Kier molecular flexibility index (Phi) is 2.37. The molecule has 13 heavy (non-hydrogen) atoms. The summed E-state index contributed by atoms with van der Waals surface area (Å²) in [4.78, 5) is 0.